The fourth-order valence-corrected chi connectivity index (χ4v) is 2.97. The lowest BCUT2D eigenvalue weighted by Gasteiger charge is -2.17. The molecule has 0 saturated carbocycles. The Hall–Kier alpha value is -1.21. The highest BCUT2D eigenvalue weighted by Gasteiger charge is 2.36. The second-order valence-electron chi connectivity index (χ2n) is 6.95. The maximum Gasteiger partial charge on any atom is 0.303 e. The van der Waals surface area contributed by atoms with Crippen LogP contribution in [0.15, 0.2) is 24.3 Å². The minimum absolute atomic E-state index is 0.00776. The molecule has 0 spiro atoms. The molecule has 1 aliphatic heterocycles. The van der Waals surface area contributed by atoms with Crippen LogP contribution in [0.3, 0.4) is 0 Å². The number of hydrogen-bond acceptors (Lipinski definition) is 5. The fraction of sp³-hybridized carbons (Fsp3) is 0.750. The first-order valence-corrected chi connectivity index (χ1v) is 9.68. The Morgan fingerprint density at radius 2 is 2.00 bits per heavy atom. The molecule has 5 atom stereocenters. The molecule has 6 nitrogen and oxygen atoms in total. The third-order valence-electron chi connectivity index (χ3n) is 4.55. The summed E-state index contributed by atoms with van der Waals surface area (Å²) in [6.07, 6.45) is 10.2. The van der Waals surface area contributed by atoms with E-state index < -0.39 is 36.5 Å². The Balaban J connectivity index is 2.31. The van der Waals surface area contributed by atoms with Crippen LogP contribution in [0.25, 0.3) is 0 Å². The number of rotatable bonds is 13. The van der Waals surface area contributed by atoms with Crippen molar-refractivity contribution in [2.24, 2.45) is 0 Å². The number of carboxylic acids is 1. The summed E-state index contributed by atoms with van der Waals surface area (Å²) in [5, 5.41) is 38.7. The summed E-state index contributed by atoms with van der Waals surface area (Å²) in [7, 11) is 0. The number of aliphatic carboxylic acids is 1. The normalized spacial score (nSPS) is 25.9. The van der Waals surface area contributed by atoms with Crippen LogP contribution in [0.4, 0.5) is 0 Å². The quantitative estimate of drug-likeness (QED) is 0.293. The minimum atomic E-state index is -0.890. The van der Waals surface area contributed by atoms with Gasteiger partial charge in [-0.2, -0.15) is 0 Å². The van der Waals surface area contributed by atoms with Gasteiger partial charge in [-0.05, 0) is 32.1 Å². The SMILES string of the molecule is CCCCC/C=C\C[C@H](O)/C=C/[C@H]1O[C@H]([C@H](O)CCCC(=O)O)C[C@@H]1O. The minimum Gasteiger partial charge on any atom is -0.481 e. The summed E-state index contributed by atoms with van der Waals surface area (Å²) < 4.78 is 5.65. The zero-order valence-corrected chi connectivity index (χ0v) is 15.7. The van der Waals surface area contributed by atoms with Crippen LogP contribution >= 0.6 is 0 Å². The molecule has 150 valence electrons. The maximum atomic E-state index is 10.5. The molecule has 0 bridgehead atoms. The molecule has 26 heavy (non-hydrogen) atoms. The van der Waals surface area contributed by atoms with Crippen LogP contribution in [-0.4, -0.2) is 56.9 Å². The van der Waals surface area contributed by atoms with Crippen LogP contribution in [0.5, 0.6) is 0 Å². The number of allylic oxidation sites excluding steroid dienone is 1. The Labute approximate surface area is 156 Å². The van der Waals surface area contributed by atoms with E-state index in [1.54, 1.807) is 12.2 Å². The smallest absolute Gasteiger partial charge is 0.303 e. The molecule has 1 fully saturated rings. The largest absolute Gasteiger partial charge is 0.481 e. The lowest BCUT2D eigenvalue weighted by Crippen LogP contribution is -2.26. The van der Waals surface area contributed by atoms with E-state index in [1.165, 1.54) is 12.8 Å². The van der Waals surface area contributed by atoms with Gasteiger partial charge in [0.25, 0.3) is 0 Å². The predicted octanol–water partition coefficient (Wildman–Crippen LogP) is 2.56. The molecule has 1 aliphatic rings. The summed E-state index contributed by atoms with van der Waals surface area (Å²) in [5.74, 6) is -0.890. The fourth-order valence-electron chi connectivity index (χ4n) is 2.97. The van der Waals surface area contributed by atoms with Gasteiger partial charge >= 0.3 is 5.97 Å². The number of unbranched alkanes of at least 4 members (excludes halogenated alkanes) is 3. The van der Waals surface area contributed by atoms with Gasteiger partial charge in [0.15, 0.2) is 0 Å². The number of carboxylic acid groups (broad SMARTS) is 1. The van der Waals surface area contributed by atoms with E-state index in [2.05, 4.69) is 13.0 Å². The Bertz CT molecular complexity index is 448. The second-order valence-corrected chi connectivity index (χ2v) is 6.95. The van der Waals surface area contributed by atoms with Crippen molar-refractivity contribution in [1.82, 2.24) is 0 Å². The van der Waals surface area contributed by atoms with Gasteiger partial charge in [-0.15, -0.1) is 0 Å². The molecule has 4 N–H and O–H groups in total. The first-order chi connectivity index (χ1) is 12.4. The number of ether oxygens (including phenoxy) is 1. The Morgan fingerprint density at radius 3 is 2.69 bits per heavy atom. The molecule has 0 aliphatic carbocycles. The first-order valence-electron chi connectivity index (χ1n) is 9.68. The second kappa shape index (κ2) is 13.0. The Kier molecular flexibility index (Phi) is 11.4. The zero-order valence-electron chi connectivity index (χ0n) is 15.7. The van der Waals surface area contributed by atoms with E-state index in [1.807, 2.05) is 6.08 Å². The molecule has 0 amide bonds. The van der Waals surface area contributed by atoms with Gasteiger partial charge in [-0.25, -0.2) is 0 Å². The predicted molar refractivity (Wildman–Crippen MR) is 99.8 cm³/mol. The van der Waals surface area contributed by atoms with E-state index in [0.29, 0.717) is 25.7 Å². The van der Waals surface area contributed by atoms with Crippen LogP contribution in [0.2, 0.25) is 0 Å². The molecule has 0 aromatic rings. The molecule has 0 unspecified atom stereocenters. The number of carbonyl (C=O) groups is 1. The van der Waals surface area contributed by atoms with E-state index in [0.717, 1.165) is 12.8 Å². The van der Waals surface area contributed by atoms with Crippen molar-refractivity contribution in [3.8, 4) is 0 Å². The molecule has 6 heteroatoms. The molecule has 0 aromatic carbocycles. The van der Waals surface area contributed by atoms with Gasteiger partial charge in [0, 0.05) is 12.8 Å². The van der Waals surface area contributed by atoms with Gasteiger partial charge < -0.3 is 25.2 Å². The van der Waals surface area contributed by atoms with Gasteiger partial charge in [0.2, 0.25) is 0 Å². The lowest BCUT2D eigenvalue weighted by atomic mass is 10.0. The van der Waals surface area contributed by atoms with E-state index in [-0.39, 0.29) is 6.42 Å². The van der Waals surface area contributed by atoms with Crippen molar-refractivity contribution >= 4 is 5.97 Å². The highest BCUT2D eigenvalue weighted by atomic mass is 16.5. The maximum absolute atomic E-state index is 10.5. The average molecular weight is 370 g/mol. The molecule has 1 heterocycles. The highest BCUT2D eigenvalue weighted by molar-refractivity contribution is 5.66. The van der Waals surface area contributed by atoms with Crippen molar-refractivity contribution in [3.63, 3.8) is 0 Å². The third kappa shape index (κ3) is 9.48. The monoisotopic (exact) mass is 370 g/mol. The van der Waals surface area contributed by atoms with Crippen molar-refractivity contribution < 1.29 is 30.0 Å². The standard InChI is InChI=1S/C20H34O6/c1-2-3-4-5-6-7-9-15(21)12-13-18-17(23)14-19(26-18)16(22)10-8-11-20(24)25/h6-7,12-13,15-19,21-23H,2-5,8-11,14H2,1H3,(H,24,25)/b7-6-,13-12+/t15-,16+,17-,18+,19-/m0/s1. The van der Waals surface area contributed by atoms with Crippen LogP contribution in [0, 0.1) is 0 Å². The van der Waals surface area contributed by atoms with Gasteiger partial charge in [0.1, 0.15) is 6.10 Å². The van der Waals surface area contributed by atoms with Gasteiger partial charge in [-0.3, -0.25) is 4.79 Å². The van der Waals surface area contributed by atoms with Crippen molar-refractivity contribution in [2.45, 2.75) is 95.2 Å². The first kappa shape index (κ1) is 22.8. The summed E-state index contributed by atoms with van der Waals surface area (Å²) in [4.78, 5) is 10.5. The molecular formula is C20H34O6. The summed E-state index contributed by atoms with van der Waals surface area (Å²) in [5.41, 5.74) is 0. The number of aliphatic hydroxyl groups excluding tert-OH is 3. The number of hydrogen-bond donors (Lipinski definition) is 4. The molecular weight excluding hydrogens is 336 g/mol. The highest BCUT2D eigenvalue weighted by Crippen LogP contribution is 2.26. The number of aliphatic hydroxyl groups is 3. The summed E-state index contributed by atoms with van der Waals surface area (Å²) >= 11 is 0. The summed E-state index contributed by atoms with van der Waals surface area (Å²) in [6, 6.07) is 0. The molecule has 1 saturated heterocycles. The lowest BCUT2D eigenvalue weighted by molar-refractivity contribution is -0.137. The average Bonchev–Trinajstić information content (AvgIpc) is 2.96. The van der Waals surface area contributed by atoms with Gasteiger partial charge in [0.05, 0.1) is 24.4 Å². The van der Waals surface area contributed by atoms with Crippen molar-refractivity contribution in [1.29, 1.82) is 0 Å². The van der Waals surface area contributed by atoms with E-state index in [9.17, 15) is 20.1 Å². The van der Waals surface area contributed by atoms with E-state index >= 15 is 0 Å². The molecule has 0 radical (unpaired) electrons. The molecule has 1 rings (SSSR count). The van der Waals surface area contributed by atoms with Crippen molar-refractivity contribution in [2.75, 3.05) is 0 Å². The Morgan fingerprint density at radius 1 is 1.23 bits per heavy atom. The zero-order chi connectivity index (χ0) is 19.4. The van der Waals surface area contributed by atoms with Gasteiger partial charge in [-0.1, -0.05) is 44.1 Å². The van der Waals surface area contributed by atoms with Crippen molar-refractivity contribution in [3.05, 3.63) is 24.3 Å². The van der Waals surface area contributed by atoms with Crippen LogP contribution < -0.4 is 0 Å². The van der Waals surface area contributed by atoms with Crippen LogP contribution in [0.1, 0.15) is 64.7 Å². The summed E-state index contributed by atoms with van der Waals surface area (Å²) in [6.45, 7) is 2.16. The molecule has 0 aromatic heterocycles. The van der Waals surface area contributed by atoms with E-state index in [4.69, 9.17) is 9.84 Å². The third-order valence-corrected chi connectivity index (χ3v) is 4.55. The van der Waals surface area contributed by atoms with Crippen LogP contribution in [-0.2, 0) is 9.53 Å². The topological polar surface area (TPSA) is 107 Å².